The second-order valence-corrected chi connectivity index (χ2v) is 7.22. The summed E-state index contributed by atoms with van der Waals surface area (Å²) < 4.78 is 0. The number of carbonyl (C=O) groups is 2. The Balaban J connectivity index is 1.68. The maximum atomic E-state index is 12.6. The van der Waals surface area contributed by atoms with Crippen molar-refractivity contribution in [3.63, 3.8) is 0 Å². The molecule has 4 aromatic rings. The van der Waals surface area contributed by atoms with Gasteiger partial charge in [-0.15, -0.1) is 21.5 Å². The monoisotopic (exact) mass is 409 g/mol. The van der Waals surface area contributed by atoms with Crippen LogP contribution in [0.4, 0.5) is 5.00 Å². The van der Waals surface area contributed by atoms with E-state index in [0.717, 1.165) is 16.7 Å². The minimum Gasteiger partial charge on any atom is -0.478 e. The number of rotatable bonds is 4. The molecule has 0 atom stereocenters. The fourth-order valence-electron chi connectivity index (χ4n) is 2.77. The molecular formula is C20H12ClN3O3S. The molecular weight excluding hydrogens is 398 g/mol. The number of anilines is 1. The molecule has 2 N–H and O–H groups in total. The van der Waals surface area contributed by atoms with E-state index in [9.17, 15) is 14.7 Å². The molecule has 0 bridgehead atoms. The number of fused-ring (bicyclic) bond motifs is 1. The van der Waals surface area contributed by atoms with Crippen LogP contribution in [-0.4, -0.2) is 27.2 Å². The van der Waals surface area contributed by atoms with Crippen LogP contribution < -0.4 is 5.32 Å². The van der Waals surface area contributed by atoms with Crippen LogP contribution in [0.25, 0.3) is 22.0 Å². The third-order valence-corrected chi connectivity index (χ3v) is 5.26. The van der Waals surface area contributed by atoms with E-state index in [4.69, 9.17) is 11.6 Å². The van der Waals surface area contributed by atoms with Crippen molar-refractivity contribution in [2.45, 2.75) is 0 Å². The van der Waals surface area contributed by atoms with Gasteiger partial charge in [0.2, 0.25) is 0 Å². The topological polar surface area (TPSA) is 92.2 Å². The van der Waals surface area contributed by atoms with Crippen LogP contribution in [0.2, 0.25) is 5.02 Å². The van der Waals surface area contributed by atoms with Crippen molar-refractivity contribution in [3.05, 3.63) is 76.3 Å². The van der Waals surface area contributed by atoms with E-state index in [1.165, 1.54) is 0 Å². The van der Waals surface area contributed by atoms with Crippen molar-refractivity contribution < 1.29 is 14.7 Å². The predicted molar refractivity (Wildman–Crippen MR) is 109 cm³/mol. The van der Waals surface area contributed by atoms with Crippen LogP contribution >= 0.6 is 22.9 Å². The molecule has 0 spiro atoms. The number of hydrogen-bond acceptors (Lipinski definition) is 5. The van der Waals surface area contributed by atoms with E-state index in [1.807, 2.05) is 18.2 Å². The van der Waals surface area contributed by atoms with Gasteiger partial charge in [-0.05, 0) is 29.8 Å². The summed E-state index contributed by atoms with van der Waals surface area (Å²) in [4.78, 5) is 24.4. The number of thiophene rings is 1. The minimum absolute atomic E-state index is 0.0226. The molecule has 0 radical (unpaired) electrons. The lowest BCUT2D eigenvalue weighted by molar-refractivity contribution is 0.0699. The zero-order valence-corrected chi connectivity index (χ0v) is 15.8. The Morgan fingerprint density at radius 3 is 2.54 bits per heavy atom. The van der Waals surface area contributed by atoms with Gasteiger partial charge >= 0.3 is 5.97 Å². The Morgan fingerprint density at radius 2 is 1.79 bits per heavy atom. The third-order valence-electron chi connectivity index (χ3n) is 4.11. The zero-order valence-electron chi connectivity index (χ0n) is 14.2. The van der Waals surface area contributed by atoms with Gasteiger partial charge in [-0.2, -0.15) is 0 Å². The molecule has 2 aromatic heterocycles. The number of hydrogen-bond donors (Lipinski definition) is 2. The molecule has 0 aliphatic heterocycles. The van der Waals surface area contributed by atoms with Gasteiger partial charge in [-0.25, -0.2) is 4.79 Å². The molecule has 28 heavy (non-hydrogen) atoms. The Morgan fingerprint density at radius 1 is 1.04 bits per heavy atom. The van der Waals surface area contributed by atoms with Crippen molar-refractivity contribution in [3.8, 4) is 11.1 Å². The number of aromatic carboxylic acids is 1. The molecule has 4 rings (SSSR count). The lowest BCUT2D eigenvalue weighted by Gasteiger charge is -2.06. The lowest BCUT2D eigenvalue weighted by Crippen LogP contribution is -2.15. The van der Waals surface area contributed by atoms with Crippen molar-refractivity contribution >= 4 is 50.7 Å². The van der Waals surface area contributed by atoms with Crippen LogP contribution in [0.3, 0.4) is 0 Å². The molecule has 0 aliphatic rings. The summed E-state index contributed by atoms with van der Waals surface area (Å²) in [7, 11) is 0. The summed E-state index contributed by atoms with van der Waals surface area (Å²) in [5.41, 5.74) is 2.01. The smallest absolute Gasteiger partial charge is 0.339 e. The molecule has 0 saturated carbocycles. The minimum atomic E-state index is -1.13. The molecule has 2 aromatic carbocycles. The number of carboxylic acid groups (broad SMARTS) is 1. The van der Waals surface area contributed by atoms with Crippen molar-refractivity contribution in [2.24, 2.45) is 0 Å². The van der Waals surface area contributed by atoms with Gasteiger partial charge in [0.15, 0.2) is 5.69 Å². The molecule has 138 valence electrons. The van der Waals surface area contributed by atoms with Gasteiger partial charge in [0.1, 0.15) is 10.6 Å². The first-order chi connectivity index (χ1) is 13.5. The van der Waals surface area contributed by atoms with Gasteiger partial charge in [0.05, 0.1) is 5.52 Å². The molecule has 6 nitrogen and oxygen atoms in total. The van der Waals surface area contributed by atoms with Crippen molar-refractivity contribution in [2.75, 3.05) is 5.32 Å². The third kappa shape index (κ3) is 3.45. The highest BCUT2D eigenvalue weighted by Crippen LogP contribution is 2.36. The second kappa shape index (κ2) is 7.38. The molecule has 0 saturated heterocycles. The maximum absolute atomic E-state index is 12.6. The Hall–Kier alpha value is -3.29. The first-order valence-corrected chi connectivity index (χ1v) is 9.43. The van der Waals surface area contributed by atoms with E-state index in [2.05, 4.69) is 15.5 Å². The SMILES string of the molecule is O=C(Nc1scc(-c2ccc(Cl)cc2)c1C(=O)O)c1cc2ccccc2nn1. The van der Waals surface area contributed by atoms with E-state index >= 15 is 0 Å². The van der Waals surface area contributed by atoms with Crippen LogP contribution in [0.15, 0.2) is 60.0 Å². The summed E-state index contributed by atoms with van der Waals surface area (Å²) in [5, 5.41) is 23.5. The number of amides is 1. The van der Waals surface area contributed by atoms with Crippen LogP contribution in [0, 0.1) is 0 Å². The van der Waals surface area contributed by atoms with E-state index in [0.29, 0.717) is 21.7 Å². The summed E-state index contributed by atoms with van der Waals surface area (Å²) in [5.74, 6) is -1.66. The molecule has 0 unspecified atom stereocenters. The van der Waals surface area contributed by atoms with E-state index in [1.54, 1.807) is 41.8 Å². The highest BCUT2D eigenvalue weighted by Gasteiger charge is 2.22. The average Bonchev–Trinajstić information content (AvgIpc) is 3.12. The highest BCUT2D eigenvalue weighted by atomic mass is 35.5. The quantitative estimate of drug-likeness (QED) is 0.496. The molecule has 0 fully saturated rings. The Kier molecular flexibility index (Phi) is 4.77. The van der Waals surface area contributed by atoms with Crippen LogP contribution in [0.5, 0.6) is 0 Å². The molecule has 8 heteroatoms. The van der Waals surface area contributed by atoms with Gasteiger partial charge in [-0.3, -0.25) is 4.79 Å². The number of halogens is 1. The van der Waals surface area contributed by atoms with Crippen LogP contribution in [0.1, 0.15) is 20.8 Å². The number of carbonyl (C=O) groups excluding carboxylic acids is 1. The number of carboxylic acids is 1. The fraction of sp³-hybridized carbons (Fsp3) is 0. The van der Waals surface area contributed by atoms with Crippen molar-refractivity contribution in [1.29, 1.82) is 0 Å². The summed E-state index contributed by atoms with van der Waals surface area (Å²) in [6.07, 6.45) is 0. The predicted octanol–water partition coefficient (Wildman–Crippen LogP) is 4.96. The normalized spacial score (nSPS) is 10.8. The largest absolute Gasteiger partial charge is 0.478 e. The van der Waals surface area contributed by atoms with E-state index < -0.39 is 11.9 Å². The van der Waals surface area contributed by atoms with Gasteiger partial charge in [-0.1, -0.05) is 41.9 Å². The summed E-state index contributed by atoms with van der Waals surface area (Å²) in [6, 6.07) is 15.7. The summed E-state index contributed by atoms with van der Waals surface area (Å²) in [6.45, 7) is 0. The number of aromatic nitrogens is 2. The summed E-state index contributed by atoms with van der Waals surface area (Å²) >= 11 is 7.04. The number of nitrogens with zero attached hydrogens (tertiary/aromatic N) is 2. The molecule has 2 heterocycles. The first-order valence-electron chi connectivity index (χ1n) is 8.17. The number of nitrogens with one attached hydrogen (secondary N) is 1. The fourth-order valence-corrected chi connectivity index (χ4v) is 3.85. The van der Waals surface area contributed by atoms with Crippen molar-refractivity contribution in [1.82, 2.24) is 10.2 Å². The zero-order chi connectivity index (χ0) is 19.7. The van der Waals surface area contributed by atoms with Gasteiger partial charge in [0.25, 0.3) is 5.91 Å². The number of benzene rings is 2. The Bertz CT molecular complexity index is 1210. The Labute approximate surface area is 168 Å². The maximum Gasteiger partial charge on any atom is 0.339 e. The average molecular weight is 410 g/mol. The standard InChI is InChI=1S/C20H12ClN3O3S/c21-13-7-5-11(6-8-13)14-10-28-19(17(14)20(26)27)22-18(25)16-9-12-3-1-2-4-15(12)23-24-16/h1-10H,(H,22,25)(H,26,27). The van der Waals surface area contributed by atoms with E-state index in [-0.39, 0.29) is 16.3 Å². The lowest BCUT2D eigenvalue weighted by atomic mass is 10.0. The molecule has 1 amide bonds. The van der Waals surface area contributed by atoms with Gasteiger partial charge in [0, 0.05) is 21.4 Å². The second-order valence-electron chi connectivity index (χ2n) is 5.91. The first kappa shape index (κ1) is 18.1. The van der Waals surface area contributed by atoms with Crippen LogP contribution in [-0.2, 0) is 0 Å². The highest BCUT2D eigenvalue weighted by molar-refractivity contribution is 7.15. The van der Waals surface area contributed by atoms with Gasteiger partial charge < -0.3 is 10.4 Å². The molecule has 0 aliphatic carbocycles.